The summed E-state index contributed by atoms with van der Waals surface area (Å²) >= 11 is 5.78. The fourth-order valence-corrected chi connectivity index (χ4v) is 5.07. The lowest BCUT2D eigenvalue weighted by Gasteiger charge is -2.52. The van der Waals surface area contributed by atoms with Gasteiger partial charge in [-0.1, -0.05) is 58.0 Å². The number of nitrogens with one attached hydrogen (secondary N) is 1. The average Bonchev–Trinajstić information content (AvgIpc) is 2.43. The van der Waals surface area contributed by atoms with E-state index in [4.69, 9.17) is 11.6 Å². The summed E-state index contributed by atoms with van der Waals surface area (Å²) in [7, 11) is 0. The number of halogens is 1. The number of aryl methyl sites for hydroxylation is 1. The van der Waals surface area contributed by atoms with Gasteiger partial charge in [0.1, 0.15) is 5.88 Å². The van der Waals surface area contributed by atoms with Crippen molar-refractivity contribution in [1.82, 2.24) is 5.32 Å². The van der Waals surface area contributed by atoms with Crippen LogP contribution in [0.1, 0.15) is 58.9 Å². The fourth-order valence-electron chi connectivity index (χ4n) is 5.00. The molecule has 1 aliphatic rings. The third kappa shape index (κ3) is 5.24. The number of hydrogen-bond donors (Lipinski definition) is 1. The Labute approximate surface area is 146 Å². The molecule has 0 radical (unpaired) electrons. The number of carbonyl (C=O) groups excluding carboxylic acids is 1. The van der Waals surface area contributed by atoms with Crippen LogP contribution in [0.3, 0.4) is 0 Å². The van der Waals surface area contributed by atoms with E-state index >= 15 is 0 Å². The highest BCUT2D eigenvalue weighted by Gasteiger charge is 2.47. The van der Waals surface area contributed by atoms with Crippen molar-refractivity contribution in [2.45, 2.75) is 65.3 Å². The second-order valence-electron chi connectivity index (χ2n) is 8.81. The maximum absolute atomic E-state index is 12.1. The summed E-state index contributed by atoms with van der Waals surface area (Å²) in [6, 6.07) is 10.5. The summed E-state index contributed by atoms with van der Waals surface area (Å²) in [6.45, 7) is 9.27. The molecule has 0 bridgehead atoms. The van der Waals surface area contributed by atoms with Crippen molar-refractivity contribution in [3.8, 4) is 0 Å². The highest BCUT2D eigenvalue weighted by Crippen LogP contribution is 2.51. The molecule has 2 rings (SSSR count). The maximum atomic E-state index is 12.1. The highest BCUT2D eigenvalue weighted by atomic mass is 35.5. The zero-order valence-corrected chi connectivity index (χ0v) is 15.7. The summed E-state index contributed by atoms with van der Waals surface area (Å²) < 4.78 is 0. The van der Waals surface area contributed by atoms with E-state index in [2.05, 4.69) is 57.3 Å². The van der Waals surface area contributed by atoms with E-state index in [0.717, 1.165) is 25.7 Å². The zero-order chi connectivity index (χ0) is 17.1. The molecule has 0 spiro atoms. The van der Waals surface area contributed by atoms with Crippen molar-refractivity contribution in [3.05, 3.63) is 35.9 Å². The lowest BCUT2D eigenvalue weighted by molar-refractivity contribution is -0.122. The van der Waals surface area contributed by atoms with E-state index in [0.29, 0.717) is 0 Å². The van der Waals surface area contributed by atoms with Gasteiger partial charge in [0.25, 0.3) is 0 Å². The normalized spacial score (nSPS) is 21.6. The van der Waals surface area contributed by atoms with Crippen LogP contribution in [-0.2, 0) is 11.2 Å². The Hall–Kier alpha value is -1.02. The van der Waals surface area contributed by atoms with Gasteiger partial charge in [-0.3, -0.25) is 4.79 Å². The summed E-state index contributed by atoms with van der Waals surface area (Å²) in [5.41, 5.74) is 1.61. The SMILES string of the molecule is CC1(C)CC(C)(C)CC(CCc2ccccc2)(NC(=O)CCl)C1. The van der Waals surface area contributed by atoms with Crippen LogP contribution in [0, 0.1) is 10.8 Å². The Morgan fingerprint density at radius 1 is 1.04 bits per heavy atom. The molecule has 0 aliphatic heterocycles. The predicted molar refractivity (Wildman–Crippen MR) is 97.8 cm³/mol. The first-order chi connectivity index (χ1) is 10.7. The molecule has 0 aromatic heterocycles. The third-order valence-corrected chi connectivity index (χ3v) is 5.09. The van der Waals surface area contributed by atoms with E-state index in [-0.39, 0.29) is 28.2 Å². The minimum atomic E-state index is -0.160. The molecule has 1 aromatic carbocycles. The van der Waals surface area contributed by atoms with Gasteiger partial charge in [-0.25, -0.2) is 0 Å². The molecule has 0 saturated heterocycles. The molecule has 1 aliphatic carbocycles. The topological polar surface area (TPSA) is 29.1 Å². The number of rotatable bonds is 5. The van der Waals surface area contributed by atoms with Crippen LogP contribution in [-0.4, -0.2) is 17.3 Å². The van der Waals surface area contributed by atoms with Crippen LogP contribution >= 0.6 is 11.6 Å². The molecule has 1 aromatic rings. The van der Waals surface area contributed by atoms with Crippen LogP contribution in [0.15, 0.2) is 30.3 Å². The second kappa shape index (κ2) is 6.84. The zero-order valence-electron chi connectivity index (χ0n) is 14.9. The molecule has 1 N–H and O–H groups in total. The van der Waals surface area contributed by atoms with E-state index in [9.17, 15) is 4.79 Å². The van der Waals surface area contributed by atoms with Gasteiger partial charge in [0.2, 0.25) is 5.91 Å². The Morgan fingerprint density at radius 3 is 2.13 bits per heavy atom. The van der Waals surface area contributed by atoms with Gasteiger partial charge in [0.15, 0.2) is 0 Å². The summed E-state index contributed by atoms with van der Waals surface area (Å²) in [5.74, 6) is -0.0123. The maximum Gasteiger partial charge on any atom is 0.235 e. The van der Waals surface area contributed by atoms with Crippen LogP contribution < -0.4 is 5.32 Å². The number of hydrogen-bond acceptors (Lipinski definition) is 1. The minimum Gasteiger partial charge on any atom is -0.350 e. The van der Waals surface area contributed by atoms with Gasteiger partial charge in [-0.2, -0.15) is 0 Å². The van der Waals surface area contributed by atoms with Crippen molar-refractivity contribution in [2.75, 3.05) is 5.88 Å². The first kappa shape index (κ1) is 18.3. The predicted octanol–water partition coefficient (Wildman–Crippen LogP) is 4.95. The van der Waals surface area contributed by atoms with Gasteiger partial charge >= 0.3 is 0 Å². The number of alkyl halides is 1. The third-order valence-electron chi connectivity index (χ3n) is 4.85. The largest absolute Gasteiger partial charge is 0.350 e. The molecule has 3 heteroatoms. The van der Waals surface area contributed by atoms with E-state index < -0.39 is 0 Å². The Morgan fingerprint density at radius 2 is 1.61 bits per heavy atom. The summed E-state index contributed by atoms with van der Waals surface area (Å²) in [4.78, 5) is 12.1. The lowest BCUT2D eigenvalue weighted by Crippen LogP contribution is -2.57. The van der Waals surface area contributed by atoms with Gasteiger partial charge in [0.05, 0.1) is 0 Å². The highest BCUT2D eigenvalue weighted by molar-refractivity contribution is 6.27. The van der Waals surface area contributed by atoms with Gasteiger partial charge in [-0.05, 0) is 48.5 Å². The van der Waals surface area contributed by atoms with Crippen molar-refractivity contribution >= 4 is 17.5 Å². The standard InChI is InChI=1S/C20H30ClNO/c1-18(2)13-19(3,4)15-20(14-18,22-17(23)12-21)11-10-16-8-6-5-7-9-16/h5-9H,10-15H2,1-4H3,(H,22,23). The quantitative estimate of drug-likeness (QED) is 0.758. The fraction of sp³-hybridized carbons (Fsp3) is 0.650. The second-order valence-corrected chi connectivity index (χ2v) is 9.07. The van der Waals surface area contributed by atoms with E-state index in [1.807, 2.05) is 6.07 Å². The van der Waals surface area contributed by atoms with E-state index in [1.54, 1.807) is 0 Å². The van der Waals surface area contributed by atoms with Gasteiger partial charge in [0, 0.05) is 5.54 Å². The Bertz CT molecular complexity index is 520. The van der Waals surface area contributed by atoms with Gasteiger partial charge < -0.3 is 5.32 Å². The average molecular weight is 336 g/mol. The van der Waals surface area contributed by atoms with E-state index in [1.165, 1.54) is 12.0 Å². The monoisotopic (exact) mass is 335 g/mol. The lowest BCUT2D eigenvalue weighted by atomic mass is 9.57. The van der Waals surface area contributed by atoms with Crippen molar-refractivity contribution in [1.29, 1.82) is 0 Å². The molecule has 128 valence electrons. The Balaban J connectivity index is 2.22. The number of carbonyl (C=O) groups is 1. The molecule has 0 heterocycles. The van der Waals surface area contributed by atoms with Crippen LogP contribution in [0.5, 0.6) is 0 Å². The molecule has 0 unspecified atom stereocenters. The molecule has 1 saturated carbocycles. The molecular formula is C20H30ClNO. The minimum absolute atomic E-state index is 0.0357. The summed E-state index contributed by atoms with van der Waals surface area (Å²) in [6.07, 6.45) is 5.16. The number of amides is 1. The van der Waals surface area contributed by atoms with Crippen molar-refractivity contribution in [3.63, 3.8) is 0 Å². The first-order valence-corrected chi connectivity index (χ1v) is 9.10. The van der Waals surface area contributed by atoms with Crippen LogP contribution in [0.4, 0.5) is 0 Å². The number of benzene rings is 1. The van der Waals surface area contributed by atoms with Crippen LogP contribution in [0.2, 0.25) is 0 Å². The Kier molecular flexibility index (Phi) is 5.45. The summed E-state index contributed by atoms with van der Waals surface area (Å²) in [5, 5.41) is 3.29. The molecule has 0 atom stereocenters. The smallest absolute Gasteiger partial charge is 0.235 e. The molecule has 23 heavy (non-hydrogen) atoms. The molecule has 1 amide bonds. The van der Waals surface area contributed by atoms with Crippen molar-refractivity contribution in [2.24, 2.45) is 10.8 Å². The van der Waals surface area contributed by atoms with Crippen molar-refractivity contribution < 1.29 is 4.79 Å². The first-order valence-electron chi connectivity index (χ1n) is 8.56. The molecular weight excluding hydrogens is 306 g/mol. The van der Waals surface area contributed by atoms with Gasteiger partial charge in [-0.15, -0.1) is 11.6 Å². The van der Waals surface area contributed by atoms with Crippen LogP contribution in [0.25, 0.3) is 0 Å². The molecule has 2 nitrogen and oxygen atoms in total. The molecule has 1 fully saturated rings.